The fraction of sp³-hybridized carbons (Fsp3) is 0.300. The molecule has 0 aliphatic rings. The first kappa shape index (κ1) is 11.8. The van der Waals surface area contributed by atoms with Crippen molar-refractivity contribution in [1.82, 2.24) is 19.7 Å². The Bertz CT molecular complexity index is 474. The Kier molecular flexibility index (Phi) is 3.87. The van der Waals surface area contributed by atoms with Gasteiger partial charge in [-0.3, -0.25) is 4.68 Å². The number of nitrogens with zero attached hydrogens (tertiary/aromatic N) is 4. The average Bonchev–Trinajstić information content (AvgIpc) is 2.82. The molecule has 90 valence electrons. The monoisotopic (exact) mass is 255 g/mol. The van der Waals surface area contributed by atoms with Crippen molar-refractivity contribution in [2.75, 3.05) is 11.9 Å². The fourth-order valence-corrected chi connectivity index (χ4v) is 1.48. The highest BCUT2D eigenvalue weighted by atomic mass is 35.5. The second-order valence-corrected chi connectivity index (χ2v) is 3.72. The van der Waals surface area contributed by atoms with Crippen LogP contribution < -0.4 is 5.32 Å². The van der Waals surface area contributed by atoms with Crippen molar-refractivity contribution in [2.24, 2.45) is 0 Å². The lowest BCUT2D eigenvalue weighted by molar-refractivity contribution is 0.586. The van der Waals surface area contributed by atoms with Gasteiger partial charge in [-0.25, -0.2) is 9.37 Å². The minimum atomic E-state index is -0.506. The first-order chi connectivity index (χ1) is 8.25. The summed E-state index contributed by atoms with van der Waals surface area (Å²) in [6.07, 6.45) is 5.45. The molecule has 0 aliphatic heterocycles. The van der Waals surface area contributed by atoms with Crippen LogP contribution in [0.25, 0.3) is 0 Å². The van der Waals surface area contributed by atoms with E-state index in [9.17, 15) is 4.39 Å². The van der Waals surface area contributed by atoms with Crippen LogP contribution in [0.3, 0.4) is 0 Å². The molecule has 5 nitrogen and oxygen atoms in total. The molecule has 0 aromatic carbocycles. The Morgan fingerprint density at radius 2 is 2.35 bits per heavy atom. The molecule has 0 fully saturated rings. The molecule has 0 saturated carbocycles. The van der Waals surface area contributed by atoms with Crippen LogP contribution in [0.1, 0.15) is 6.42 Å². The summed E-state index contributed by atoms with van der Waals surface area (Å²) < 4.78 is 15.0. The third-order valence-electron chi connectivity index (χ3n) is 2.13. The number of halogens is 2. The van der Waals surface area contributed by atoms with Gasteiger partial charge in [0, 0.05) is 25.5 Å². The lowest BCUT2D eigenvalue weighted by Crippen LogP contribution is -2.09. The summed E-state index contributed by atoms with van der Waals surface area (Å²) in [6, 6.07) is 1.86. The van der Waals surface area contributed by atoms with Crippen LogP contribution in [-0.4, -0.2) is 26.3 Å². The molecule has 2 rings (SSSR count). The summed E-state index contributed by atoms with van der Waals surface area (Å²) in [5.74, 6) is -0.376. The SMILES string of the molecule is Fc1cnc(Cl)nc1NCCCn1cccn1. The summed E-state index contributed by atoms with van der Waals surface area (Å²) >= 11 is 5.57. The third kappa shape index (κ3) is 3.39. The standard InChI is InChI=1S/C10H11ClFN5/c11-10-14-7-8(12)9(16-10)13-3-1-5-17-6-2-4-15-17/h2,4,6-7H,1,3,5H2,(H,13,14,16). The molecule has 2 aromatic rings. The smallest absolute Gasteiger partial charge is 0.224 e. The van der Waals surface area contributed by atoms with Gasteiger partial charge in [0.25, 0.3) is 0 Å². The molecule has 0 amide bonds. The van der Waals surface area contributed by atoms with Crippen LogP contribution >= 0.6 is 11.6 Å². The molecular formula is C10H11ClFN5. The van der Waals surface area contributed by atoms with E-state index in [2.05, 4.69) is 20.4 Å². The molecule has 7 heteroatoms. The zero-order valence-electron chi connectivity index (χ0n) is 8.98. The Morgan fingerprint density at radius 1 is 1.47 bits per heavy atom. The Balaban J connectivity index is 1.80. The molecule has 0 atom stereocenters. The zero-order chi connectivity index (χ0) is 12.1. The maximum Gasteiger partial charge on any atom is 0.224 e. The van der Waals surface area contributed by atoms with Crippen molar-refractivity contribution in [3.8, 4) is 0 Å². The summed E-state index contributed by atoms with van der Waals surface area (Å²) in [6.45, 7) is 1.35. The van der Waals surface area contributed by atoms with Crippen molar-refractivity contribution in [3.63, 3.8) is 0 Å². The van der Waals surface area contributed by atoms with Gasteiger partial charge in [0.05, 0.1) is 6.20 Å². The van der Waals surface area contributed by atoms with Crippen molar-refractivity contribution < 1.29 is 4.39 Å². The summed E-state index contributed by atoms with van der Waals surface area (Å²) in [4.78, 5) is 7.29. The van der Waals surface area contributed by atoms with E-state index in [0.717, 1.165) is 19.2 Å². The first-order valence-corrected chi connectivity index (χ1v) is 5.53. The third-order valence-corrected chi connectivity index (χ3v) is 2.31. The van der Waals surface area contributed by atoms with Gasteiger partial charge in [0.1, 0.15) is 0 Å². The summed E-state index contributed by atoms with van der Waals surface area (Å²) in [7, 11) is 0. The van der Waals surface area contributed by atoms with Crippen LogP contribution in [0, 0.1) is 5.82 Å². The number of aryl methyl sites for hydroxylation is 1. The number of hydrogen-bond donors (Lipinski definition) is 1. The van der Waals surface area contributed by atoms with Crippen molar-refractivity contribution >= 4 is 17.4 Å². The highest BCUT2D eigenvalue weighted by Crippen LogP contribution is 2.11. The Labute approximate surface area is 103 Å². The van der Waals surface area contributed by atoms with Gasteiger partial charge < -0.3 is 5.32 Å². The van der Waals surface area contributed by atoms with E-state index in [1.54, 1.807) is 6.20 Å². The molecule has 17 heavy (non-hydrogen) atoms. The van der Waals surface area contributed by atoms with E-state index in [1.165, 1.54) is 0 Å². The average molecular weight is 256 g/mol. The lowest BCUT2D eigenvalue weighted by atomic mass is 10.4. The number of hydrogen-bond acceptors (Lipinski definition) is 4. The van der Waals surface area contributed by atoms with E-state index in [1.807, 2.05) is 16.9 Å². The van der Waals surface area contributed by atoms with Crippen molar-refractivity contribution in [2.45, 2.75) is 13.0 Å². The van der Waals surface area contributed by atoms with Crippen LogP contribution in [0.4, 0.5) is 10.2 Å². The molecule has 0 aliphatic carbocycles. The lowest BCUT2D eigenvalue weighted by Gasteiger charge is -2.06. The van der Waals surface area contributed by atoms with E-state index in [-0.39, 0.29) is 11.1 Å². The van der Waals surface area contributed by atoms with Gasteiger partial charge in [-0.05, 0) is 24.1 Å². The summed E-state index contributed by atoms with van der Waals surface area (Å²) in [5, 5.41) is 6.95. The van der Waals surface area contributed by atoms with E-state index in [4.69, 9.17) is 11.6 Å². The zero-order valence-corrected chi connectivity index (χ0v) is 9.73. The van der Waals surface area contributed by atoms with E-state index >= 15 is 0 Å². The van der Waals surface area contributed by atoms with E-state index in [0.29, 0.717) is 6.54 Å². The second kappa shape index (κ2) is 5.58. The van der Waals surface area contributed by atoms with Crippen LogP contribution in [0.15, 0.2) is 24.7 Å². The Morgan fingerprint density at radius 3 is 3.12 bits per heavy atom. The molecule has 0 radical (unpaired) electrons. The van der Waals surface area contributed by atoms with Gasteiger partial charge in [0.2, 0.25) is 5.28 Å². The molecule has 0 spiro atoms. The maximum absolute atomic E-state index is 13.2. The quantitative estimate of drug-likeness (QED) is 0.656. The molecule has 0 saturated heterocycles. The van der Waals surface area contributed by atoms with Gasteiger partial charge in [-0.1, -0.05) is 0 Å². The second-order valence-electron chi connectivity index (χ2n) is 3.39. The first-order valence-electron chi connectivity index (χ1n) is 5.15. The largest absolute Gasteiger partial charge is 0.367 e. The molecular weight excluding hydrogens is 245 g/mol. The highest BCUT2D eigenvalue weighted by Gasteiger charge is 2.04. The summed E-state index contributed by atoms with van der Waals surface area (Å²) in [5.41, 5.74) is 0. The van der Waals surface area contributed by atoms with Crippen LogP contribution in [-0.2, 0) is 6.54 Å². The topological polar surface area (TPSA) is 55.6 Å². The fourth-order valence-electron chi connectivity index (χ4n) is 1.35. The number of rotatable bonds is 5. The normalized spacial score (nSPS) is 10.5. The predicted molar refractivity (Wildman–Crippen MR) is 62.3 cm³/mol. The van der Waals surface area contributed by atoms with Gasteiger partial charge in [0.15, 0.2) is 11.6 Å². The molecule has 0 bridgehead atoms. The van der Waals surface area contributed by atoms with Crippen LogP contribution in [0.5, 0.6) is 0 Å². The van der Waals surface area contributed by atoms with Crippen molar-refractivity contribution in [1.29, 1.82) is 0 Å². The number of anilines is 1. The number of nitrogens with one attached hydrogen (secondary N) is 1. The molecule has 2 heterocycles. The van der Waals surface area contributed by atoms with Gasteiger partial charge in [-0.15, -0.1) is 0 Å². The minimum absolute atomic E-state index is 0.0287. The Hall–Kier alpha value is -1.69. The molecule has 2 aromatic heterocycles. The maximum atomic E-state index is 13.2. The van der Waals surface area contributed by atoms with Gasteiger partial charge in [-0.2, -0.15) is 10.1 Å². The highest BCUT2D eigenvalue weighted by molar-refractivity contribution is 6.28. The van der Waals surface area contributed by atoms with Crippen molar-refractivity contribution in [3.05, 3.63) is 35.8 Å². The molecule has 1 N–H and O–H groups in total. The number of aromatic nitrogens is 4. The predicted octanol–water partition coefficient (Wildman–Crippen LogP) is 1.97. The molecule has 0 unspecified atom stereocenters. The van der Waals surface area contributed by atoms with Gasteiger partial charge >= 0.3 is 0 Å². The van der Waals surface area contributed by atoms with Crippen LogP contribution in [0.2, 0.25) is 5.28 Å². The van der Waals surface area contributed by atoms with E-state index < -0.39 is 5.82 Å². The minimum Gasteiger partial charge on any atom is -0.367 e.